The maximum atomic E-state index is 12.9. The van der Waals surface area contributed by atoms with Crippen molar-refractivity contribution >= 4 is 22.7 Å². The Balaban J connectivity index is 2.47. The molecule has 0 fully saturated rings. The Morgan fingerprint density at radius 2 is 1.48 bits per heavy atom. The molecule has 0 saturated carbocycles. The van der Waals surface area contributed by atoms with Crippen molar-refractivity contribution in [3.05, 3.63) is 77.2 Å². The van der Waals surface area contributed by atoms with Crippen LogP contribution < -0.4 is 0 Å². The largest absolute Gasteiger partial charge is 0.465 e. The van der Waals surface area contributed by atoms with E-state index in [-0.39, 0.29) is 19.6 Å². The lowest BCUT2D eigenvalue weighted by atomic mass is 9.81. The van der Waals surface area contributed by atoms with Crippen molar-refractivity contribution in [2.24, 2.45) is 5.41 Å². The van der Waals surface area contributed by atoms with Crippen LogP contribution in [-0.2, 0) is 36.3 Å². The molecule has 29 heavy (non-hydrogen) atoms. The summed E-state index contributed by atoms with van der Waals surface area (Å²) >= 11 is 0. The number of carbonyl (C=O) groups is 2. The first kappa shape index (κ1) is 22.6. The number of aryl methyl sites for hydroxylation is 1. The second-order valence-corrected chi connectivity index (χ2v) is 7.83. The summed E-state index contributed by atoms with van der Waals surface area (Å²) in [5.74, 6) is -1.45. The highest BCUT2D eigenvalue weighted by molar-refractivity contribution is 7.88. The molecule has 0 amide bonds. The van der Waals surface area contributed by atoms with Gasteiger partial charge < -0.3 is 9.47 Å². The third-order valence-electron chi connectivity index (χ3n) is 4.33. The van der Waals surface area contributed by atoms with Gasteiger partial charge in [0.05, 0.1) is 24.0 Å². The fourth-order valence-electron chi connectivity index (χ4n) is 2.79. The summed E-state index contributed by atoms with van der Waals surface area (Å²) in [7, 11) is -1.53. The van der Waals surface area contributed by atoms with Crippen LogP contribution in [0.2, 0.25) is 0 Å². The third-order valence-corrected chi connectivity index (χ3v) is 5.45. The quantitative estimate of drug-likeness (QED) is 0.459. The molecule has 0 aliphatic heterocycles. The van der Waals surface area contributed by atoms with Gasteiger partial charge >= 0.3 is 11.9 Å². The summed E-state index contributed by atoms with van der Waals surface area (Å²) in [6.07, 6.45) is 1.42. The van der Waals surface area contributed by atoms with Gasteiger partial charge in [-0.2, -0.15) is 0 Å². The number of hydrogen-bond donors (Lipinski definition) is 0. The van der Waals surface area contributed by atoms with Crippen molar-refractivity contribution in [3.8, 4) is 0 Å². The summed E-state index contributed by atoms with van der Waals surface area (Å²) in [5, 5.41) is 1.36. The molecule has 0 heterocycles. The van der Waals surface area contributed by atoms with Crippen molar-refractivity contribution in [1.82, 2.24) is 0 Å². The molecule has 1 unspecified atom stereocenters. The molecule has 0 saturated heterocycles. The average Bonchev–Trinajstić information content (AvgIpc) is 2.72. The highest BCUT2D eigenvalue weighted by Crippen LogP contribution is 2.30. The molecule has 0 spiro atoms. The van der Waals surface area contributed by atoms with Gasteiger partial charge in [-0.1, -0.05) is 48.0 Å². The van der Waals surface area contributed by atoms with Crippen LogP contribution >= 0.6 is 0 Å². The lowest BCUT2D eigenvalue weighted by Gasteiger charge is -2.26. The molecule has 1 atom stereocenters. The number of benzene rings is 2. The van der Waals surface area contributed by atoms with E-state index in [9.17, 15) is 13.8 Å². The molecule has 5 nitrogen and oxygen atoms in total. The molecule has 0 aliphatic rings. The molecule has 0 bridgehead atoms. The van der Waals surface area contributed by atoms with Crippen LogP contribution in [-0.4, -0.2) is 29.4 Å². The SMILES string of the molecule is CCOC(=O)C(/C=C\S(=O)c1ccc(C)cc1)(Cc1ccccc1)C(=O)OCC. The van der Waals surface area contributed by atoms with Gasteiger partial charge in [-0.25, -0.2) is 4.21 Å². The standard InChI is InChI=1S/C23H26O5S/c1-4-27-21(24)23(22(25)28-5-2,17-19-9-7-6-8-10-19)15-16-29(26)20-13-11-18(3)12-14-20/h6-16H,4-5,17H2,1-3H3/b16-15-. The number of rotatable bonds is 9. The van der Waals surface area contributed by atoms with E-state index in [0.29, 0.717) is 4.90 Å². The van der Waals surface area contributed by atoms with E-state index in [1.54, 1.807) is 26.0 Å². The van der Waals surface area contributed by atoms with Crippen molar-refractivity contribution in [2.45, 2.75) is 32.1 Å². The smallest absolute Gasteiger partial charge is 0.327 e. The zero-order chi connectivity index (χ0) is 21.3. The summed E-state index contributed by atoms with van der Waals surface area (Å²) in [6, 6.07) is 16.4. The summed E-state index contributed by atoms with van der Waals surface area (Å²) in [6.45, 7) is 5.51. The minimum Gasteiger partial charge on any atom is -0.465 e. The lowest BCUT2D eigenvalue weighted by Crippen LogP contribution is -2.42. The third kappa shape index (κ3) is 5.87. The topological polar surface area (TPSA) is 69.7 Å². The van der Waals surface area contributed by atoms with Gasteiger partial charge in [0, 0.05) is 16.7 Å². The van der Waals surface area contributed by atoms with E-state index >= 15 is 0 Å². The molecular weight excluding hydrogens is 388 g/mol. The van der Waals surface area contributed by atoms with E-state index in [2.05, 4.69) is 0 Å². The van der Waals surface area contributed by atoms with Gasteiger partial charge in [-0.15, -0.1) is 0 Å². The Morgan fingerprint density at radius 1 is 0.931 bits per heavy atom. The maximum absolute atomic E-state index is 12.9. The first-order valence-corrected chi connectivity index (χ1v) is 10.7. The van der Waals surface area contributed by atoms with Crippen molar-refractivity contribution in [2.75, 3.05) is 13.2 Å². The number of carbonyl (C=O) groups excluding carboxylic acids is 2. The van der Waals surface area contributed by atoms with Gasteiger partial charge in [0.1, 0.15) is 0 Å². The highest BCUT2D eigenvalue weighted by atomic mass is 32.2. The van der Waals surface area contributed by atoms with Crippen molar-refractivity contribution in [1.29, 1.82) is 0 Å². The van der Waals surface area contributed by atoms with Crippen LogP contribution in [0.3, 0.4) is 0 Å². The zero-order valence-electron chi connectivity index (χ0n) is 16.9. The molecule has 0 aromatic heterocycles. The predicted molar refractivity (Wildman–Crippen MR) is 113 cm³/mol. The second kappa shape index (κ2) is 10.7. The second-order valence-electron chi connectivity index (χ2n) is 6.49. The van der Waals surface area contributed by atoms with Crippen LogP contribution in [0.4, 0.5) is 0 Å². The average molecular weight is 415 g/mol. The van der Waals surface area contributed by atoms with Gasteiger partial charge in [0.25, 0.3) is 0 Å². The Morgan fingerprint density at radius 3 is 2.00 bits per heavy atom. The van der Waals surface area contributed by atoms with Crippen LogP contribution in [0, 0.1) is 12.3 Å². The van der Waals surface area contributed by atoms with Gasteiger partial charge in [-0.3, -0.25) is 9.59 Å². The van der Waals surface area contributed by atoms with E-state index in [1.807, 2.05) is 49.4 Å². The van der Waals surface area contributed by atoms with Crippen LogP contribution in [0.15, 0.2) is 71.0 Å². The van der Waals surface area contributed by atoms with Crippen LogP contribution in [0.5, 0.6) is 0 Å². The molecule has 0 radical (unpaired) electrons. The van der Waals surface area contributed by atoms with Gasteiger partial charge in [-0.05, 0) is 44.5 Å². The molecule has 6 heteroatoms. The minimum atomic E-state index is -1.71. The lowest BCUT2D eigenvalue weighted by molar-refractivity contribution is -0.167. The monoisotopic (exact) mass is 414 g/mol. The first-order valence-electron chi connectivity index (χ1n) is 9.48. The van der Waals surface area contributed by atoms with Gasteiger partial charge in [0.2, 0.25) is 0 Å². The molecule has 0 N–H and O–H groups in total. The molecule has 2 aromatic rings. The maximum Gasteiger partial charge on any atom is 0.327 e. The Labute approximate surface area is 174 Å². The fraction of sp³-hybridized carbons (Fsp3) is 0.304. The van der Waals surface area contributed by atoms with Crippen LogP contribution in [0.25, 0.3) is 0 Å². The van der Waals surface area contributed by atoms with E-state index < -0.39 is 28.2 Å². The Kier molecular flexibility index (Phi) is 8.34. The van der Waals surface area contributed by atoms with E-state index in [4.69, 9.17) is 9.47 Å². The fourth-order valence-corrected chi connectivity index (χ4v) is 3.71. The first-order chi connectivity index (χ1) is 13.9. The van der Waals surface area contributed by atoms with Crippen molar-refractivity contribution < 1.29 is 23.3 Å². The predicted octanol–water partition coefficient (Wildman–Crippen LogP) is 3.97. The Bertz CT molecular complexity index is 854. The summed E-state index contributed by atoms with van der Waals surface area (Å²) in [4.78, 5) is 26.4. The van der Waals surface area contributed by atoms with E-state index in [0.717, 1.165) is 11.1 Å². The van der Waals surface area contributed by atoms with Gasteiger partial charge in [0.15, 0.2) is 5.41 Å². The molecule has 154 valence electrons. The summed E-state index contributed by atoms with van der Waals surface area (Å²) < 4.78 is 23.2. The Hall–Kier alpha value is -2.73. The van der Waals surface area contributed by atoms with E-state index in [1.165, 1.54) is 11.5 Å². The molecule has 2 rings (SSSR count). The van der Waals surface area contributed by atoms with Crippen molar-refractivity contribution in [3.63, 3.8) is 0 Å². The molecule has 2 aromatic carbocycles. The molecular formula is C23H26O5S. The number of ether oxygens (including phenoxy) is 2. The minimum absolute atomic E-state index is 0.0487. The number of hydrogen-bond acceptors (Lipinski definition) is 5. The van der Waals surface area contributed by atoms with Crippen LogP contribution in [0.1, 0.15) is 25.0 Å². The normalized spacial score (nSPS) is 12.5. The number of esters is 2. The molecule has 0 aliphatic carbocycles. The summed E-state index contributed by atoms with van der Waals surface area (Å²) in [5.41, 5.74) is 0.0962. The zero-order valence-corrected chi connectivity index (χ0v) is 17.7. The highest BCUT2D eigenvalue weighted by Gasteiger charge is 2.47.